The molecule has 0 N–H and O–H groups in total. The zero-order valence-electron chi connectivity index (χ0n) is 9.54. The summed E-state index contributed by atoms with van der Waals surface area (Å²) in [5, 5.41) is 0. The summed E-state index contributed by atoms with van der Waals surface area (Å²) in [7, 11) is 0. The van der Waals surface area contributed by atoms with Gasteiger partial charge in [0, 0.05) is 11.1 Å². The first-order valence-electron chi connectivity index (χ1n) is 5.35. The Labute approximate surface area is 106 Å². The molecule has 0 bridgehead atoms. The van der Waals surface area contributed by atoms with E-state index < -0.39 is 17.6 Å². The summed E-state index contributed by atoms with van der Waals surface area (Å²) in [6.45, 7) is 0. The number of aldehydes is 1. The maximum atomic E-state index is 13.9. The summed E-state index contributed by atoms with van der Waals surface area (Å²) in [6.07, 6.45) is -4.29. The average Bonchev–Trinajstić information content (AvgIpc) is 2.37. The molecule has 0 spiro atoms. The van der Waals surface area contributed by atoms with Gasteiger partial charge in [-0.1, -0.05) is 36.4 Å². The van der Waals surface area contributed by atoms with Gasteiger partial charge in [0.15, 0.2) is 6.29 Å². The molecule has 0 aliphatic carbocycles. The van der Waals surface area contributed by atoms with Crippen LogP contribution in [0.3, 0.4) is 0 Å². The van der Waals surface area contributed by atoms with E-state index in [4.69, 9.17) is 0 Å². The van der Waals surface area contributed by atoms with Crippen molar-refractivity contribution in [1.29, 1.82) is 0 Å². The Morgan fingerprint density at radius 1 is 0.895 bits per heavy atom. The molecule has 0 amide bonds. The average molecular weight is 268 g/mol. The van der Waals surface area contributed by atoms with Crippen LogP contribution in [0.4, 0.5) is 17.6 Å². The van der Waals surface area contributed by atoms with Crippen LogP contribution >= 0.6 is 0 Å². The minimum Gasteiger partial charge on any atom is -0.298 e. The van der Waals surface area contributed by atoms with Crippen molar-refractivity contribution in [2.24, 2.45) is 0 Å². The van der Waals surface area contributed by atoms with Crippen molar-refractivity contribution >= 4 is 6.29 Å². The maximum absolute atomic E-state index is 13.9. The fourth-order valence-corrected chi connectivity index (χ4v) is 1.80. The Hall–Kier alpha value is -2.17. The first-order chi connectivity index (χ1) is 8.95. The van der Waals surface area contributed by atoms with E-state index >= 15 is 0 Å². The molecule has 1 nitrogen and oxygen atoms in total. The molecule has 0 atom stereocenters. The van der Waals surface area contributed by atoms with Crippen molar-refractivity contribution in [2.75, 3.05) is 0 Å². The second-order valence-corrected chi connectivity index (χ2v) is 3.87. The quantitative estimate of drug-likeness (QED) is 0.585. The molecule has 2 aromatic carbocycles. The van der Waals surface area contributed by atoms with Crippen molar-refractivity contribution < 1.29 is 22.4 Å². The number of hydrogen-bond acceptors (Lipinski definition) is 1. The second kappa shape index (κ2) is 4.84. The molecule has 0 heterocycles. The molecular weight excluding hydrogens is 260 g/mol. The molecule has 0 saturated heterocycles. The molecule has 0 radical (unpaired) electrons. The number of carbonyl (C=O) groups is 1. The highest BCUT2D eigenvalue weighted by molar-refractivity contribution is 5.87. The monoisotopic (exact) mass is 268 g/mol. The van der Waals surface area contributed by atoms with E-state index in [1.54, 1.807) is 6.07 Å². The molecule has 19 heavy (non-hydrogen) atoms. The van der Waals surface area contributed by atoms with Gasteiger partial charge in [-0.25, -0.2) is 4.39 Å². The van der Waals surface area contributed by atoms with Crippen LogP contribution in [0.2, 0.25) is 0 Å². The van der Waals surface area contributed by atoms with Crippen molar-refractivity contribution in [2.45, 2.75) is 6.18 Å². The van der Waals surface area contributed by atoms with Crippen LogP contribution in [0.15, 0.2) is 42.5 Å². The Morgan fingerprint density at radius 3 is 2.16 bits per heavy atom. The highest BCUT2D eigenvalue weighted by Gasteiger charge is 2.35. The zero-order valence-corrected chi connectivity index (χ0v) is 9.54. The number of carbonyl (C=O) groups excluding carboxylic acids is 1. The van der Waals surface area contributed by atoms with Crippen molar-refractivity contribution in [1.82, 2.24) is 0 Å². The summed E-state index contributed by atoms with van der Waals surface area (Å²) >= 11 is 0. The van der Waals surface area contributed by atoms with Crippen LogP contribution in [0.5, 0.6) is 0 Å². The molecule has 0 aliphatic rings. The lowest BCUT2D eigenvalue weighted by Gasteiger charge is -2.12. The SMILES string of the molecule is O=Cc1ccccc1-c1cccc(C(F)(F)F)c1F. The molecule has 5 heteroatoms. The number of benzene rings is 2. The van der Waals surface area contributed by atoms with Crippen molar-refractivity contribution in [3.05, 3.63) is 59.4 Å². The third kappa shape index (κ3) is 2.50. The zero-order chi connectivity index (χ0) is 14.0. The van der Waals surface area contributed by atoms with Gasteiger partial charge in [0.1, 0.15) is 5.82 Å². The van der Waals surface area contributed by atoms with Crippen molar-refractivity contribution in [3.63, 3.8) is 0 Å². The molecule has 0 fully saturated rings. The van der Waals surface area contributed by atoms with Crippen LogP contribution in [-0.2, 0) is 6.18 Å². The van der Waals surface area contributed by atoms with E-state index in [1.807, 2.05) is 0 Å². The fourth-order valence-electron chi connectivity index (χ4n) is 1.80. The van der Waals surface area contributed by atoms with Gasteiger partial charge >= 0.3 is 6.18 Å². The fraction of sp³-hybridized carbons (Fsp3) is 0.0714. The van der Waals surface area contributed by atoms with Gasteiger partial charge in [-0.2, -0.15) is 13.2 Å². The lowest BCUT2D eigenvalue weighted by atomic mass is 9.98. The maximum Gasteiger partial charge on any atom is 0.419 e. The lowest BCUT2D eigenvalue weighted by Crippen LogP contribution is -2.09. The van der Waals surface area contributed by atoms with E-state index in [9.17, 15) is 22.4 Å². The first kappa shape index (κ1) is 13.3. The number of rotatable bonds is 2. The molecule has 0 aromatic heterocycles. The Balaban J connectivity index is 2.67. The number of alkyl halides is 3. The Morgan fingerprint density at radius 2 is 1.53 bits per heavy atom. The normalized spacial score (nSPS) is 11.4. The summed E-state index contributed by atoms with van der Waals surface area (Å²) in [5.74, 6) is -1.37. The third-order valence-corrected chi connectivity index (χ3v) is 2.68. The third-order valence-electron chi connectivity index (χ3n) is 2.68. The first-order valence-corrected chi connectivity index (χ1v) is 5.35. The van der Waals surface area contributed by atoms with E-state index in [-0.39, 0.29) is 16.7 Å². The predicted octanol–water partition coefficient (Wildman–Crippen LogP) is 4.32. The van der Waals surface area contributed by atoms with Crippen LogP contribution in [-0.4, -0.2) is 6.29 Å². The Kier molecular flexibility index (Phi) is 3.38. The molecule has 2 rings (SSSR count). The van der Waals surface area contributed by atoms with Gasteiger partial charge < -0.3 is 0 Å². The topological polar surface area (TPSA) is 17.1 Å². The molecule has 0 aliphatic heterocycles. The van der Waals surface area contributed by atoms with Gasteiger partial charge in [-0.3, -0.25) is 4.79 Å². The van der Waals surface area contributed by atoms with E-state index in [0.717, 1.165) is 6.07 Å². The Bertz CT molecular complexity index is 617. The molecule has 0 saturated carbocycles. The minimum atomic E-state index is -4.77. The predicted molar refractivity (Wildman–Crippen MR) is 62.2 cm³/mol. The van der Waals surface area contributed by atoms with Crippen molar-refractivity contribution in [3.8, 4) is 11.1 Å². The van der Waals surface area contributed by atoms with Crippen LogP contribution in [0, 0.1) is 5.82 Å². The number of halogens is 4. The molecule has 2 aromatic rings. The highest BCUT2D eigenvalue weighted by atomic mass is 19.4. The number of hydrogen-bond donors (Lipinski definition) is 0. The van der Waals surface area contributed by atoms with Gasteiger partial charge in [0.25, 0.3) is 0 Å². The van der Waals surface area contributed by atoms with Gasteiger partial charge in [0.2, 0.25) is 0 Å². The molecule has 98 valence electrons. The highest BCUT2D eigenvalue weighted by Crippen LogP contribution is 2.36. The van der Waals surface area contributed by atoms with Crippen LogP contribution < -0.4 is 0 Å². The van der Waals surface area contributed by atoms with Gasteiger partial charge in [-0.15, -0.1) is 0 Å². The molecular formula is C14H8F4O. The summed E-state index contributed by atoms with van der Waals surface area (Å²) in [4.78, 5) is 10.8. The smallest absolute Gasteiger partial charge is 0.298 e. The van der Waals surface area contributed by atoms with E-state index in [1.165, 1.54) is 24.3 Å². The van der Waals surface area contributed by atoms with Gasteiger partial charge in [0.05, 0.1) is 5.56 Å². The van der Waals surface area contributed by atoms with Gasteiger partial charge in [-0.05, 0) is 11.6 Å². The second-order valence-electron chi connectivity index (χ2n) is 3.87. The standard InChI is InChI=1S/C14H8F4O/c15-13-11(6-3-7-12(13)14(16,17)18)10-5-2-1-4-9(10)8-19/h1-8H. The van der Waals surface area contributed by atoms with E-state index in [2.05, 4.69) is 0 Å². The summed E-state index contributed by atoms with van der Waals surface area (Å²) in [6, 6.07) is 8.91. The van der Waals surface area contributed by atoms with Crippen LogP contribution in [0.1, 0.15) is 15.9 Å². The summed E-state index contributed by atoms with van der Waals surface area (Å²) < 4.78 is 51.8. The summed E-state index contributed by atoms with van der Waals surface area (Å²) in [5.41, 5.74) is -1.30. The lowest BCUT2D eigenvalue weighted by molar-refractivity contribution is -0.139. The van der Waals surface area contributed by atoms with Crippen LogP contribution in [0.25, 0.3) is 11.1 Å². The largest absolute Gasteiger partial charge is 0.419 e. The minimum absolute atomic E-state index is 0.140. The van der Waals surface area contributed by atoms with E-state index in [0.29, 0.717) is 12.4 Å². The molecule has 0 unspecified atom stereocenters.